The van der Waals surface area contributed by atoms with Crippen molar-refractivity contribution in [2.45, 2.75) is 13.8 Å². The van der Waals surface area contributed by atoms with Gasteiger partial charge in [0.05, 0.1) is 5.69 Å². The molecule has 0 unspecified atom stereocenters. The molecule has 3 aromatic rings. The molecule has 0 saturated heterocycles. The smallest absolute Gasteiger partial charge is 0.227 e. The molecule has 0 amide bonds. The van der Waals surface area contributed by atoms with Crippen molar-refractivity contribution in [1.82, 2.24) is 15.0 Å². The molecule has 0 bridgehead atoms. The van der Waals surface area contributed by atoms with E-state index in [1.807, 2.05) is 37.3 Å². The molecule has 4 heteroatoms. The van der Waals surface area contributed by atoms with E-state index in [0.29, 0.717) is 5.95 Å². The van der Waals surface area contributed by atoms with Gasteiger partial charge in [-0.2, -0.15) is 0 Å². The first kappa shape index (κ1) is 13.2. The quantitative estimate of drug-likeness (QED) is 0.788. The SMILES string of the molecule is Cc1cccc(Nc2nccc(-c3ccnc(C)c3)n2)c1. The van der Waals surface area contributed by atoms with Gasteiger partial charge in [-0.15, -0.1) is 0 Å². The van der Waals surface area contributed by atoms with Gasteiger partial charge >= 0.3 is 0 Å². The highest BCUT2D eigenvalue weighted by Crippen LogP contribution is 2.20. The first-order valence-electron chi connectivity index (χ1n) is 6.80. The molecule has 2 heterocycles. The first-order valence-corrected chi connectivity index (χ1v) is 6.80. The minimum Gasteiger partial charge on any atom is -0.324 e. The Morgan fingerprint density at radius 3 is 2.57 bits per heavy atom. The van der Waals surface area contributed by atoms with Crippen LogP contribution in [0.4, 0.5) is 11.6 Å². The summed E-state index contributed by atoms with van der Waals surface area (Å²) in [5, 5.41) is 3.23. The Balaban J connectivity index is 1.90. The fourth-order valence-electron chi connectivity index (χ4n) is 2.14. The third-order valence-electron chi connectivity index (χ3n) is 3.12. The third kappa shape index (κ3) is 3.23. The number of nitrogens with one attached hydrogen (secondary N) is 1. The van der Waals surface area contributed by atoms with Gasteiger partial charge in [-0.1, -0.05) is 12.1 Å². The molecular formula is C17H16N4. The number of aryl methyl sites for hydroxylation is 2. The van der Waals surface area contributed by atoms with E-state index in [4.69, 9.17) is 0 Å². The number of hydrogen-bond donors (Lipinski definition) is 1. The fraction of sp³-hybridized carbons (Fsp3) is 0.118. The second-order valence-corrected chi connectivity index (χ2v) is 4.95. The van der Waals surface area contributed by atoms with Gasteiger partial charge in [-0.25, -0.2) is 9.97 Å². The summed E-state index contributed by atoms with van der Waals surface area (Å²) < 4.78 is 0. The van der Waals surface area contributed by atoms with E-state index in [9.17, 15) is 0 Å². The molecule has 0 spiro atoms. The zero-order chi connectivity index (χ0) is 14.7. The number of anilines is 2. The second-order valence-electron chi connectivity index (χ2n) is 4.95. The van der Waals surface area contributed by atoms with Gasteiger partial charge in [0.2, 0.25) is 5.95 Å². The summed E-state index contributed by atoms with van der Waals surface area (Å²) in [6.07, 6.45) is 3.55. The normalized spacial score (nSPS) is 10.4. The predicted octanol–water partition coefficient (Wildman–Crippen LogP) is 3.90. The van der Waals surface area contributed by atoms with Crippen LogP contribution < -0.4 is 5.32 Å². The predicted molar refractivity (Wildman–Crippen MR) is 84.5 cm³/mol. The van der Waals surface area contributed by atoms with Crippen LogP contribution in [0.3, 0.4) is 0 Å². The van der Waals surface area contributed by atoms with E-state index in [1.54, 1.807) is 12.4 Å². The number of aromatic nitrogens is 3. The van der Waals surface area contributed by atoms with Crippen molar-refractivity contribution in [3.63, 3.8) is 0 Å². The molecule has 4 nitrogen and oxygen atoms in total. The van der Waals surface area contributed by atoms with Crippen LogP contribution in [0, 0.1) is 13.8 Å². The summed E-state index contributed by atoms with van der Waals surface area (Å²) in [5.41, 5.74) is 5.07. The second kappa shape index (κ2) is 5.71. The lowest BCUT2D eigenvalue weighted by molar-refractivity contribution is 1.15. The van der Waals surface area contributed by atoms with E-state index >= 15 is 0 Å². The van der Waals surface area contributed by atoms with Crippen molar-refractivity contribution in [3.05, 3.63) is 66.1 Å². The Hall–Kier alpha value is -2.75. The monoisotopic (exact) mass is 276 g/mol. The standard InChI is InChI=1S/C17H16N4/c1-12-4-3-5-15(10-12)20-17-19-9-7-16(21-17)14-6-8-18-13(2)11-14/h3-11H,1-2H3,(H,19,20,21). The van der Waals surface area contributed by atoms with Gasteiger partial charge in [-0.05, 0) is 49.7 Å². The molecule has 0 saturated carbocycles. The van der Waals surface area contributed by atoms with Crippen LogP contribution in [0.25, 0.3) is 11.3 Å². The average Bonchev–Trinajstić information content (AvgIpc) is 2.47. The van der Waals surface area contributed by atoms with Crippen molar-refractivity contribution in [2.75, 3.05) is 5.32 Å². The number of rotatable bonds is 3. The van der Waals surface area contributed by atoms with Gasteiger partial charge < -0.3 is 5.32 Å². The van der Waals surface area contributed by atoms with Gasteiger partial charge in [-0.3, -0.25) is 4.98 Å². The van der Waals surface area contributed by atoms with Crippen LogP contribution in [-0.4, -0.2) is 15.0 Å². The summed E-state index contributed by atoms with van der Waals surface area (Å²) >= 11 is 0. The van der Waals surface area contributed by atoms with Gasteiger partial charge in [0.15, 0.2) is 0 Å². The van der Waals surface area contributed by atoms with E-state index < -0.39 is 0 Å². The molecular weight excluding hydrogens is 260 g/mol. The number of hydrogen-bond acceptors (Lipinski definition) is 4. The Morgan fingerprint density at radius 1 is 0.905 bits per heavy atom. The average molecular weight is 276 g/mol. The van der Waals surface area contributed by atoms with Crippen molar-refractivity contribution in [2.24, 2.45) is 0 Å². The van der Waals surface area contributed by atoms with Crippen LogP contribution in [0.15, 0.2) is 54.9 Å². The molecule has 2 aromatic heterocycles. The Bertz CT molecular complexity index is 768. The molecule has 0 aliphatic carbocycles. The van der Waals surface area contributed by atoms with Crippen LogP contribution >= 0.6 is 0 Å². The van der Waals surface area contributed by atoms with Crippen molar-refractivity contribution in [1.29, 1.82) is 0 Å². The number of nitrogens with zero attached hydrogens (tertiary/aromatic N) is 3. The van der Waals surface area contributed by atoms with Crippen LogP contribution in [0.1, 0.15) is 11.3 Å². The van der Waals surface area contributed by atoms with E-state index in [1.165, 1.54) is 5.56 Å². The van der Waals surface area contributed by atoms with E-state index in [0.717, 1.165) is 22.6 Å². The molecule has 104 valence electrons. The van der Waals surface area contributed by atoms with Crippen LogP contribution in [0.2, 0.25) is 0 Å². The highest BCUT2D eigenvalue weighted by Gasteiger charge is 2.03. The highest BCUT2D eigenvalue weighted by molar-refractivity contribution is 5.62. The molecule has 1 aromatic carbocycles. The minimum absolute atomic E-state index is 0.590. The number of benzene rings is 1. The van der Waals surface area contributed by atoms with E-state index in [2.05, 4.69) is 39.3 Å². The van der Waals surface area contributed by atoms with Crippen LogP contribution in [0.5, 0.6) is 0 Å². The Labute approximate surface area is 123 Å². The Morgan fingerprint density at radius 2 is 1.76 bits per heavy atom. The lowest BCUT2D eigenvalue weighted by Crippen LogP contribution is -1.98. The summed E-state index contributed by atoms with van der Waals surface area (Å²) in [6, 6.07) is 14.0. The molecule has 0 radical (unpaired) electrons. The molecule has 0 atom stereocenters. The topological polar surface area (TPSA) is 50.7 Å². The fourth-order valence-corrected chi connectivity index (χ4v) is 2.14. The molecule has 0 fully saturated rings. The minimum atomic E-state index is 0.590. The van der Waals surface area contributed by atoms with Crippen LogP contribution in [-0.2, 0) is 0 Å². The highest BCUT2D eigenvalue weighted by atomic mass is 15.1. The third-order valence-corrected chi connectivity index (χ3v) is 3.12. The number of pyridine rings is 1. The molecule has 21 heavy (non-hydrogen) atoms. The maximum absolute atomic E-state index is 4.56. The summed E-state index contributed by atoms with van der Waals surface area (Å²) in [6.45, 7) is 4.03. The lowest BCUT2D eigenvalue weighted by atomic mass is 10.1. The largest absolute Gasteiger partial charge is 0.324 e. The summed E-state index contributed by atoms with van der Waals surface area (Å²) in [7, 11) is 0. The van der Waals surface area contributed by atoms with Crippen molar-refractivity contribution < 1.29 is 0 Å². The molecule has 0 aliphatic heterocycles. The van der Waals surface area contributed by atoms with E-state index in [-0.39, 0.29) is 0 Å². The molecule has 3 rings (SSSR count). The summed E-state index contributed by atoms with van der Waals surface area (Å²) in [5.74, 6) is 0.590. The van der Waals surface area contributed by atoms with Crippen molar-refractivity contribution in [3.8, 4) is 11.3 Å². The molecule has 0 aliphatic rings. The molecule has 1 N–H and O–H groups in total. The van der Waals surface area contributed by atoms with Crippen molar-refractivity contribution >= 4 is 11.6 Å². The maximum atomic E-state index is 4.56. The Kier molecular flexibility index (Phi) is 3.60. The van der Waals surface area contributed by atoms with Gasteiger partial charge in [0.1, 0.15) is 0 Å². The first-order chi connectivity index (χ1) is 10.2. The lowest BCUT2D eigenvalue weighted by Gasteiger charge is -2.07. The zero-order valence-electron chi connectivity index (χ0n) is 12.0. The summed E-state index contributed by atoms with van der Waals surface area (Å²) in [4.78, 5) is 13.0. The zero-order valence-corrected chi connectivity index (χ0v) is 12.0. The van der Waals surface area contributed by atoms with Gasteiger partial charge in [0, 0.05) is 29.3 Å². The maximum Gasteiger partial charge on any atom is 0.227 e. The van der Waals surface area contributed by atoms with Gasteiger partial charge in [0.25, 0.3) is 0 Å².